The van der Waals surface area contributed by atoms with Gasteiger partial charge in [-0.05, 0) is 20.0 Å². The number of rotatable bonds is 6. The third kappa shape index (κ3) is 11.9. The van der Waals surface area contributed by atoms with Gasteiger partial charge in [0.25, 0.3) is 0 Å². The average Bonchev–Trinajstić information content (AvgIpc) is 1.97. The van der Waals surface area contributed by atoms with Crippen LogP contribution >= 0.6 is 10.7 Å². The molecule has 3 nitrogen and oxygen atoms in total. The van der Waals surface area contributed by atoms with E-state index in [0.717, 1.165) is 0 Å². The standard InChI is InChI=1S/C7H13ClF3NO2S/c1-12(5-3-7(9,10)11)4-2-6-15(8,13)14/h2-6H2,1H3. The maximum atomic E-state index is 11.8. The molecule has 0 atom stereocenters. The van der Waals surface area contributed by atoms with E-state index < -0.39 is 21.6 Å². The largest absolute Gasteiger partial charge is 0.390 e. The van der Waals surface area contributed by atoms with Gasteiger partial charge in [0.1, 0.15) is 0 Å². The summed E-state index contributed by atoms with van der Waals surface area (Å²) in [6.45, 7) is 0.147. The van der Waals surface area contributed by atoms with Crippen LogP contribution in [0, 0.1) is 0 Å². The Balaban J connectivity index is 3.63. The van der Waals surface area contributed by atoms with Crippen molar-refractivity contribution in [2.45, 2.75) is 19.0 Å². The van der Waals surface area contributed by atoms with Crippen molar-refractivity contribution in [2.24, 2.45) is 0 Å². The van der Waals surface area contributed by atoms with Gasteiger partial charge in [0.05, 0.1) is 12.2 Å². The molecule has 0 saturated heterocycles. The summed E-state index contributed by atoms with van der Waals surface area (Å²) in [5, 5.41) is 0. The molecule has 0 fully saturated rings. The van der Waals surface area contributed by atoms with Gasteiger partial charge in [-0.3, -0.25) is 0 Å². The van der Waals surface area contributed by atoms with Crippen LogP contribution in [0.4, 0.5) is 13.2 Å². The second kappa shape index (κ2) is 5.91. The summed E-state index contributed by atoms with van der Waals surface area (Å²) in [4.78, 5) is 1.43. The lowest BCUT2D eigenvalue weighted by atomic mass is 10.3. The summed E-state index contributed by atoms with van der Waals surface area (Å²) >= 11 is 0. The van der Waals surface area contributed by atoms with Crippen molar-refractivity contribution >= 4 is 19.7 Å². The van der Waals surface area contributed by atoms with Crippen LogP contribution in [0.2, 0.25) is 0 Å². The van der Waals surface area contributed by atoms with E-state index in [1.165, 1.54) is 11.9 Å². The molecular weight excluding hydrogens is 255 g/mol. The van der Waals surface area contributed by atoms with E-state index in [1.807, 2.05) is 0 Å². The topological polar surface area (TPSA) is 37.4 Å². The number of hydrogen-bond acceptors (Lipinski definition) is 3. The summed E-state index contributed by atoms with van der Waals surface area (Å²) in [5.74, 6) is -0.217. The fraction of sp³-hybridized carbons (Fsp3) is 1.00. The van der Waals surface area contributed by atoms with E-state index >= 15 is 0 Å². The van der Waals surface area contributed by atoms with Crippen LogP contribution in [0.15, 0.2) is 0 Å². The van der Waals surface area contributed by atoms with Crippen molar-refractivity contribution in [3.05, 3.63) is 0 Å². The quantitative estimate of drug-likeness (QED) is 0.689. The molecule has 0 aromatic rings. The molecule has 0 saturated carbocycles. The van der Waals surface area contributed by atoms with Gasteiger partial charge >= 0.3 is 6.18 Å². The van der Waals surface area contributed by atoms with Gasteiger partial charge in [0, 0.05) is 17.2 Å². The zero-order valence-electron chi connectivity index (χ0n) is 8.22. The normalized spacial score (nSPS) is 13.5. The monoisotopic (exact) mass is 267 g/mol. The molecule has 0 aliphatic heterocycles. The highest BCUT2D eigenvalue weighted by atomic mass is 35.7. The molecule has 0 radical (unpaired) electrons. The summed E-state index contributed by atoms with van der Waals surface area (Å²) in [6.07, 6.45) is -4.83. The SMILES string of the molecule is CN(CCCS(=O)(=O)Cl)CCC(F)(F)F. The second-order valence-corrected chi connectivity index (χ2v) is 6.16. The zero-order chi connectivity index (χ0) is 12.1. The first-order valence-corrected chi connectivity index (χ1v) is 6.75. The summed E-state index contributed by atoms with van der Waals surface area (Å²) < 4.78 is 56.3. The lowest BCUT2D eigenvalue weighted by Gasteiger charge is -2.16. The molecule has 0 spiro atoms. The molecule has 0 unspecified atom stereocenters. The summed E-state index contributed by atoms with van der Waals surface area (Å²) in [5.41, 5.74) is 0. The fourth-order valence-corrected chi connectivity index (χ4v) is 1.74. The Labute approximate surface area is 91.6 Å². The first kappa shape index (κ1) is 15.0. The number of halogens is 4. The molecule has 0 rings (SSSR count). The maximum Gasteiger partial charge on any atom is 0.390 e. The predicted molar refractivity (Wildman–Crippen MR) is 52.4 cm³/mol. The first-order valence-electron chi connectivity index (χ1n) is 4.28. The van der Waals surface area contributed by atoms with Crippen LogP contribution in [0.3, 0.4) is 0 Å². The predicted octanol–water partition coefficient (Wildman–Crippen LogP) is 1.83. The molecule has 0 heterocycles. The van der Waals surface area contributed by atoms with Crippen molar-refractivity contribution in [1.29, 1.82) is 0 Å². The molecule has 0 bridgehead atoms. The molecule has 0 amide bonds. The fourth-order valence-electron chi connectivity index (χ4n) is 0.936. The molecule has 15 heavy (non-hydrogen) atoms. The van der Waals surface area contributed by atoms with Crippen molar-refractivity contribution in [3.8, 4) is 0 Å². The smallest absolute Gasteiger partial charge is 0.306 e. The Hall–Kier alpha value is -0.0100. The molecule has 8 heteroatoms. The van der Waals surface area contributed by atoms with Crippen molar-refractivity contribution in [1.82, 2.24) is 4.90 Å². The third-order valence-corrected chi connectivity index (χ3v) is 2.94. The van der Waals surface area contributed by atoms with Gasteiger partial charge in [-0.25, -0.2) is 8.42 Å². The molecule has 92 valence electrons. The van der Waals surface area contributed by atoms with E-state index in [9.17, 15) is 21.6 Å². The van der Waals surface area contributed by atoms with Crippen LogP contribution in [-0.4, -0.2) is 45.4 Å². The second-order valence-electron chi connectivity index (χ2n) is 3.26. The highest BCUT2D eigenvalue weighted by Gasteiger charge is 2.26. The lowest BCUT2D eigenvalue weighted by molar-refractivity contribution is -0.137. The van der Waals surface area contributed by atoms with Gasteiger partial charge in [0.2, 0.25) is 9.05 Å². The molecule has 0 aliphatic rings. The van der Waals surface area contributed by atoms with Gasteiger partial charge in [-0.15, -0.1) is 0 Å². The average molecular weight is 268 g/mol. The lowest BCUT2D eigenvalue weighted by Crippen LogP contribution is -2.26. The number of nitrogens with zero attached hydrogens (tertiary/aromatic N) is 1. The van der Waals surface area contributed by atoms with Crippen LogP contribution in [0.1, 0.15) is 12.8 Å². The highest BCUT2D eigenvalue weighted by molar-refractivity contribution is 8.13. The third-order valence-electron chi connectivity index (χ3n) is 1.70. The Morgan fingerprint density at radius 1 is 1.27 bits per heavy atom. The minimum atomic E-state index is -4.17. The molecule has 0 N–H and O–H groups in total. The summed E-state index contributed by atoms with van der Waals surface area (Å²) in [7, 11) is 2.91. The Morgan fingerprint density at radius 2 is 1.80 bits per heavy atom. The van der Waals surface area contributed by atoms with Crippen LogP contribution in [0.25, 0.3) is 0 Å². The van der Waals surface area contributed by atoms with Gasteiger partial charge in [0.15, 0.2) is 0 Å². The van der Waals surface area contributed by atoms with Gasteiger partial charge in [-0.2, -0.15) is 13.2 Å². The van der Waals surface area contributed by atoms with Crippen LogP contribution in [-0.2, 0) is 9.05 Å². The van der Waals surface area contributed by atoms with Crippen molar-refractivity contribution < 1.29 is 21.6 Å². The first-order chi connectivity index (χ1) is 6.60. The minimum absolute atomic E-state index is 0.133. The van der Waals surface area contributed by atoms with E-state index in [2.05, 4.69) is 0 Å². The van der Waals surface area contributed by atoms with E-state index in [1.54, 1.807) is 0 Å². The Bertz CT molecular complexity index is 278. The van der Waals surface area contributed by atoms with Crippen molar-refractivity contribution in [2.75, 3.05) is 25.9 Å². The zero-order valence-corrected chi connectivity index (χ0v) is 9.79. The highest BCUT2D eigenvalue weighted by Crippen LogP contribution is 2.19. The molecule has 0 aliphatic carbocycles. The summed E-state index contributed by atoms with van der Waals surface area (Å²) in [6, 6.07) is 0. The van der Waals surface area contributed by atoms with Crippen LogP contribution in [0.5, 0.6) is 0 Å². The maximum absolute atomic E-state index is 11.8. The van der Waals surface area contributed by atoms with E-state index in [-0.39, 0.29) is 25.3 Å². The Kier molecular flexibility index (Phi) is 5.90. The Morgan fingerprint density at radius 3 is 2.20 bits per heavy atom. The van der Waals surface area contributed by atoms with Crippen molar-refractivity contribution in [3.63, 3.8) is 0 Å². The molecular formula is C7H13ClF3NO2S. The molecule has 0 aromatic carbocycles. The molecule has 0 aromatic heterocycles. The van der Waals surface area contributed by atoms with Gasteiger partial charge in [-0.1, -0.05) is 0 Å². The number of alkyl halides is 3. The van der Waals surface area contributed by atoms with Gasteiger partial charge < -0.3 is 4.90 Å². The van der Waals surface area contributed by atoms with E-state index in [0.29, 0.717) is 0 Å². The van der Waals surface area contributed by atoms with Crippen LogP contribution < -0.4 is 0 Å². The minimum Gasteiger partial charge on any atom is -0.306 e. The van der Waals surface area contributed by atoms with E-state index in [4.69, 9.17) is 10.7 Å². The number of hydrogen-bond donors (Lipinski definition) is 0.